The van der Waals surface area contributed by atoms with E-state index in [-0.39, 0.29) is 0 Å². The summed E-state index contributed by atoms with van der Waals surface area (Å²) in [4.78, 5) is 1.55. The third-order valence-electron chi connectivity index (χ3n) is 3.64. The molecule has 18 heavy (non-hydrogen) atoms. The van der Waals surface area contributed by atoms with E-state index >= 15 is 0 Å². The van der Waals surface area contributed by atoms with Crippen molar-refractivity contribution in [3.63, 3.8) is 0 Å². The van der Waals surface area contributed by atoms with Crippen LogP contribution in [0, 0.1) is 0 Å². The summed E-state index contributed by atoms with van der Waals surface area (Å²) >= 11 is 4.55. The fraction of sp³-hybridized carbons (Fsp3) is 0.125. The normalized spacial score (nSPS) is 17.5. The van der Waals surface area contributed by atoms with Crippen molar-refractivity contribution in [2.75, 3.05) is 0 Å². The summed E-state index contributed by atoms with van der Waals surface area (Å²) in [5.41, 5.74) is 4.54. The fourth-order valence-corrected chi connectivity index (χ4v) is 5.59. The Hall–Kier alpha value is -0.870. The van der Waals surface area contributed by atoms with Gasteiger partial charge in [0.1, 0.15) is 0 Å². The molecule has 0 fully saturated rings. The Bertz CT molecular complexity index is 742. The topological polar surface area (TPSA) is 0 Å². The number of benzene rings is 2. The molecule has 0 amide bonds. The molecule has 2 heteroatoms. The molecule has 1 atom stereocenters. The van der Waals surface area contributed by atoms with Gasteiger partial charge in [0.25, 0.3) is 0 Å². The quantitative estimate of drug-likeness (QED) is 0.375. The molecule has 1 aliphatic rings. The molecule has 1 aliphatic carbocycles. The number of alkyl halides is 1. The monoisotopic (exact) mass is 362 g/mol. The minimum atomic E-state index is 0.499. The van der Waals surface area contributed by atoms with Crippen molar-refractivity contribution in [3.05, 3.63) is 70.1 Å². The highest BCUT2D eigenvalue weighted by Crippen LogP contribution is 2.47. The Morgan fingerprint density at radius 2 is 1.78 bits per heavy atom. The van der Waals surface area contributed by atoms with Crippen LogP contribution in [-0.4, -0.2) is 0 Å². The standard InChI is InChI=1S/C16H11IS/c17-16-11-6-2-1-5-10(11)9-14-15(16)12-7-3-4-8-13(12)18-14/h1-8,16H,9H2. The minimum Gasteiger partial charge on any atom is -0.140 e. The van der Waals surface area contributed by atoms with E-state index in [1.54, 1.807) is 10.4 Å². The molecule has 1 aromatic heterocycles. The van der Waals surface area contributed by atoms with Gasteiger partial charge in [-0.3, -0.25) is 0 Å². The number of rotatable bonds is 0. The highest BCUT2D eigenvalue weighted by atomic mass is 127. The molecule has 0 saturated heterocycles. The van der Waals surface area contributed by atoms with Crippen LogP contribution in [0.15, 0.2) is 48.5 Å². The molecule has 0 spiro atoms. The SMILES string of the molecule is IC1c2ccccc2Cc2sc3ccccc3c21. The molecule has 2 aromatic carbocycles. The van der Waals surface area contributed by atoms with Crippen molar-refractivity contribution in [1.82, 2.24) is 0 Å². The van der Waals surface area contributed by atoms with E-state index in [1.165, 1.54) is 21.2 Å². The fourth-order valence-electron chi connectivity index (χ4n) is 2.80. The molecular weight excluding hydrogens is 351 g/mol. The molecule has 88 valence electrons. The van der Waals surface area contributed by atoms with E-state index < -0.39 is 0 Å². The second-order valence-electron chi connectivity index (χ2n) is 4.67. The second-order valence-corrected chi connectivity index (χ2v) is 7.06. The molecule has 0 bridgehead atoms. The number of hydrogen-bond donors (Lipinski definition) is 0. The Labute approximate surface area is 124 Å². The summed E-state index contributed by atoms with van der Waals surface area (Å²) in [6.45, 7) is 0. The lowest BCUT2D eigenvalue weighted by Crippen LogP contribution is -2.06. The number of thiophene rings is 1. The van der Waals surface area contributed by atoms with E-state index in [0.29, 0.717) is 3.92 Å². The number of halogens is 1. The van der Waals surface area contributed by atoms with Crippen LogP contribution in [-0.2, 0) is 6.42 Å². The summed E-state index contributed by atoms with van der Waals surface area (Å²) in [6, 6.07) is 17.7. The Balaban J connectivity index is 2.03. The van der Waals surface area contributed by atoms with Gasteiger partial charge < -0.3 is 0 Å². The first-order valence-electron chi connectivity index (χ1n) is 6.07. The highest BCUT2D eigenvalue weighted by Gasteiger charge is 2.26. The van der Waals surface area contributed by atoms with Crippen molar-refractivity contribution in [3.8, 4) is 0 Å². The minimum absolute atomic E-state index is 0.499. The summed E-state index contributed by atoms with van der Waals surface area (Å²) in [5.74, 6) is 0. The van der Waals surface area contributed by atoms with Crippen LogP contribution in [0.4, 0.5) is 0 Å². The molecule has 1 unspecified atom stereocenters. The van der Waals surface area contributed by atoms with Crippen LogP contribution >= 0.6 is 33.9 Å². The third kappa shape index (κ3) is 1.48. The maximum absolute atomic E-state index is 2.59. The van der Waals surface area contributed by atoms with Gasteiger partial charge in [-0.1, -0.05) is 65.1 Å². The van der Waals surface area contributed by atoms with Crippen LogP contribution in [0.25, 0.3) is 10.1 Å². The Morgan fingerprint density at radius 1 is 1.00 bits per heavy atom. The van der Waals surface area contributed by atoms with E-state index in [9.17, 15) is 0 Å². The molecule has 0 radical (unpaired) electrons. The molecule has 0 saturated carbocycles. The van der Waals surface area contributed by atoms with Crippen molar-refractivity contribution in [2.45, 2.75) is 10.3 Å². The van der Waals surface area contributed by atoms with E-state index in [1.807, 2.05) is 11.3 Å². The first-order chi connectivity index (χ1) is 8.84. The Kier molecular flexibility index (Phi) is 2.49. The third-order valence-corrected chi connectivity index (χ3v) is 6.12. The maximum Gasteiger partial charge on any atom is 0.0628 e. The lowest BCUT2D eigenvalue weighted by Gasteiger charge is -2.22. The predicted octanol–water partition coefficient (Wildman–Crippen LogP) is 5.33. The summed E-state index contributed by atoms with van der Waals surface area (Å²) in [6.07, 6.45) is 1.10. The zero-order chi connectivity index (χ0) is 12.1. The summed E-state index contributed by atoms with van der Waals surface area (Å²) < 4.78 is 1.93. The van der Waals surface area contributed by atoms with Crippen molar-refractivity contribution >= 4 is 44.0 Å². The van der Waals surface area contributed by atoms with Gasteiger partial charge in [0.15, 0.2) is 0 Å². The molecule has 0 N–H and O–H groups in total. The van der Waals surface area contributed by atoms with Gasteiger partial charge in [0.05, 0.1) is 3.92 Å². The van der Waals surface area contributed by atoms with E-state index in [2.05, 4.69) is 71.1 Å². The van der Waals surface area contributed by atoms with Gasteiger partial charge >= 0.3 is 0 Å². The van der Waals surface area contributed by atoms with Gasteiger partial charge in [-0.25, -0.2) is 0 Å². The zero-order valence-electron chi connectivity index (χ0n) is 9.69. The maximum atomic E-state index is 2.59. The van der Waals surface area contributed by atoms with Crippen LogP contribution in [0.2, 0.25) is 0 Å². The molecule has 0 aliphatic heterocycles. The summed E-state index contributed by atoms with van der Waals surface area (Å²) in [5, 5.41) is 1.45. The highest BCUT2D eigenvalue weighted by molar-refractivity contribution is 14.1. The van der Waals surface area contributed by atoms with Crippen LogP contribution in [0.1, 0.15) is 25.5 Å². The van der Waals surface area contributed by atoms with Crippen LogP contribution < -0.4 is 0 Å². The molecular formula is C16H11IS. The molecule has 3 aromatic rings. The largest absolute Gasteiger partial charge is 0.140 e. The average molecular weight is 362 g/mol. The lowest BCUT2D eigenvalue weighted by molar-refractivity contribution is 1.04. The first-order valence-corrected chi connectivity index (χ1v) is 8.13. The summed E-state index contributed by atoms with van der Waals surface area (Å²) in [7, 11) is 0. The van der Waals surface area contributed by atoms with E-state index in [4.69, 9.17) is 0 Å². The lowest BCUT2D eigenvalue weighted by atomic mass is 9.89. The number of hydrogen-bond acceptors (Lipinski definition) is 1. The first kappa shape index (κ1) is 11.0. The van der Waals surface area contributed by atoms with E-state index in [0.717, 1.165) is 6.42 Å². The van der Waals surface area contributed by atoms with Crippen molar-refractivity contribution in [2.24, 2.45) is 0 Å². The van der Waals surface area contributed by atoms with Gasteiger partial charge in [0, 0.05) is 16.0 Å². The smallest absolute Gasteiger partial charge is 0.0628 e. The van der Waals surface area contributed by atoms with Gasteiger partial charge in [0.2, 0.25) is 0 Å². The molecule has 1 heterocycles. The average Bonchev–Trinajstić information content (AvgIpc) is 2.77. The van der Waals surface area contributed by atoms with Gasteiger partial charge in [-0.05, 0) is 28.1 Å². The van der Waals surface area contributed by atoms with Crippen molar-refractivity contribution in [1.29, 1.82) is 0 Å². The second kappa shape index (κ2) is 4.07. The zero-order valence-corrected chi connectivity index (χ0v) is 12.7. The molecule has 0 nitrogen and oxygen atoms in total. The van der Waals surface area contributed by atoms with Crippen molar-refractivity contribution < 1.29 is 0 Å². The number of fused-ring (bicyclic) bond motifs is 4. The van der Waals surface area contributed by atoms with Gasteiger partial charge in [-0.15, -0.1) is 11.3 Å². The molecule has 4 rings (SSSR count). The predicted molar refractivity (Wildman–Crippen MR) is 86.9 cm³/mol. The van der Waals surface area contributed by atoms with Gasteiger partial charge in [-0.2, -0.15) is 0 Å². The van der Waals surface area contributed by atoms with Crippen LogP contribution in [0.5, 0.6) is 0 Å². The van der Waals surface area contributed by atoms with Crippen LogP contribution in [0.3, 0.4) is 0 Å². The Morgan fingerprint density at radius 3 is 2.72 bits per heavy atom.